The van der Waals surface area contributed by atoms with Crippen LogP contribution in [-0.2, 0) is 14.8 Å². The van der Waals surface area contributed by atoms with Crippen LogP contribution in [0, 0.1) is 5.82 Å². The van der Waals surface area contributed by atoms with E-state index in [4.69, 9.17) is 4.74 Å². The fraction of sp³-hybridized carbons (Fsp3) is 0.188. The Kier molecular flexibility index (Phi) is 5.75. The highest BCUT2D eigenvalue weighted by atomic mass is 32.2. The van der Waals surface area contributed by atoms with Crippen LogP contribution in [0.5, 0.6) is 5.75 Å². The van der Waals surface area contributed by atoms with Crippen molar-refractivity contribution in [2.75, 3.05) is 22.4 Å². The summed E-state index contributed by atoms with van der Waals surface area (Å²) in [6, 6.07) is 11.6. The van der Waals surface area contributed by atoms with Crippen LogP contribution in [0.3, 0.4) is 0 Å². The van der Waals surface area contributed by atoms with Gasteiger partial charge in [-0.05, 0) is 55.5 Å². The highest BCUT2D eigenvalue weighted by molar-refractivity contribution is 7.92. The topological polar surface area (TPSA) is 84.5 Å². The molecule has 24 heavy (non-hydrogen) atoms. The minimum atomic E-state index is -3.33. The Morgan fingerprint density at radius 1 is 1.04 bits per heavy atom. The summed E-state index contributed by atoms with van der Waals surface area (Å²) < 4.78 is 43.3. The molecule has 0 saturated carbocycles. The molecule has 6 nitrogen and oxygen atoms in total. The summed E-state index contributed by atoms with van der Waals surface area (Å²) >= 11 is 0. The van der Waals surface area contributed by atoms with E-state index in [-0.39, 0.29) is 24.1 Å². The van der Waals surface area contributed by atoms with Crippen LogP contribution in [0.4, 0.5) is 15.8 Å². The monoisotopic (exact) mass is 352 g/mol. The number of hydrogen-bond donors (Lipinski definition) is 2. The molecule has 0 bridgehead atoms. The molecule has 2 rings (SSSR count). The Labute approximate surface area is 139 Å². The van der Waals surface area contributed by atoms with Gasteiger partial charge in [0.25, 0.3) is 5.91 Å². The van der Waals surface area contributed by atoms with Gasteiger partial charge in [-0.25, -0.2) is 12.8 Å². The van der Waals surface area contributed by atoms with Gasteiger partial charge < -0.3 is 10.1 Å². The molecule has 1 amide bonds. The lowest BCUT2D eigenvalue weighted by molar-refractivity contribution is -0.118. The highest BCUT2D eigenvalue weighted by Gasteiger charge is 2.07. The number of halogens is 1. The molecule has 0 atom stereocenters. The van der Waals surface area contributed by atoms with Crippen LogP contribution >= 0.6 is 0 Å². The molecule has 2 aromatic rings. The third-order valence-electron chi connectivity index (χ3n) is 3.01. The molecule has 128 valence electrons. The fourth-order valence-corrected chi connectivity index (χ4v) is 2.39. The van der Waals surface area contributed by atoms with Crippen molar-refractivity contribution in [1.82, 2.24) is 0 Å². The molecule has 0 unspecified atom stereocenters. The second-order valence-electron chi connectivity index (χ2n) is 4.87. The first-order chi connectivity index (χ1) is 11.4. The van der Waals surface area contributed by atoms with E-state index in [2.05, 4.69) is 10.0 Å². The Morgan fingerprint density at radius 3 is 2.21 bits per heavy atom. The van der Waals surface area contributed by atoms with Gasteiger partial charge in [-0.1, -0.05) is 0 Å². The zero-order chi connectivity index (χ0) is 17.6. The molecule has 0 aliphatic rings. The average molecular weight is 352 g/mol. The number of rotatable bonds is 7. The van der Waals surface area contributed by atoms with Crippen molar-refractivity contribution < 1.29 is 22.3 Å². The summed E-state index contributed by atoms with van der Waals surface area (Å²) in [4.78, 5) is 11.8. The molecule has 0 aliphatic carbocycles. The average Bonchev–Trinajstić information content (AvgIpc) is 2.56. The van der Waals surface area contributed by atoms with Crippen LogP contribution in [0.15, 0.2) is 48.5 Å². The minimum absolute atomic E-state index is 0.0216. The second kappa shape index (κ2) is 7.78. The van der Waals surface area contributed by atoms with E-state index >= 15 is 0 Å². The third kappa shape index (κ3) is 5.54. The number of carbonyl (C=O) groups is 1. The third-order valence-corrected chi connectivity index (χ3v) is 4.31. The predicted molar refractivity (Wildman–Crippen MR) is 90.1 cm³/mol. The molecule has 0 aliphatic heterocycles. The first-order valence-electron chi connectivity index (χ1n) is 7.17. The van der Waals surface area contributed by atoms with Gasteiger partial charge >= 0.3 is 0 Å². The molecule has 0 radical (unpaired) electrons. The Balaban J connectivity index is 1.86. The predicted octanol–water partition coefficient (Wildman–Crippen LogP) is 2.60. The maximum Gasteiger partial charge on any atom is 0.262 e. The quantitative estimate of drug-likeness (QED) is 0.802. The van der Waals surface area contributed by atoms with E-state index in [9.17, 15) is 17.6 Å². The van der Waals surface area contributed by atoms with Crippen molar-refractivity contribution >= 4 is 27.3 Å². The number of anilines is 2. The minimum Gasteiger partial charge on any atom is -0.484 e. The van der Waals surface area contributed by atoms with Gasteiger partial charge in [0, 0.05) is 11.4 Å². The normalized spacial score (nSPS) is 10.9. The van der Waals surface area contributed by atoms with Crippen LogP contribution < -0.4 is 14.8 Å². The fourth-order valence-electron chi connectivity index (χ4n) is 1.75. The van der Waals surface area contributed by atoms with Crippen molar-refractivity contribution in [1.29, 1.82) is 0 Å². The van der Waals surface area contributed by atoms with Gasteiger partial charge in [-0.2, -0.15) is 0 Å². The maximum absolute atomic E-state index is 12.8. The van der Waals surface area contributed by atoms with Gasteiger partial charge in [-0.15, -0.1) is 0 Å². The standard InChI is InChI=1S/C16H17FN2O4S/c1-2-24(21,22)19-14-7-5-13(6-8-14)18-16(20)11-23-15-9-3-12(17)4-10-15/h3-10,19H,2,11H2,1H3,(H,18,20). The summed E-state index contributed by atoms with van der Waals surface area (Å²) in [6.45, 7) is 1.31. The van der Waals surface area contributed by atoms with E-state index in [0.717, 1.165) is 0 Å². The lowest BCUT2D eigenvalue weighted by Crippen LogP contribution is -2.20. The largest absolute Gasteiger partial charge is 0.484 e. The molecule has 0 fully saturated rings. The molecule has 0 spiro atoms. The molecule has 0 aromatic heterocycles. The van der Waals surface area contributed by atoms with Crippen LogP contribution in [0.1, 0.15) is 6.92 Å². The molecule has 0 saturated heterocycles. The van der Waals surface area contributed by atoms with E-state index in [1.165, 1.54) is 31.2 Å². The van der Waals surface area contributed by atoms with Crippen molar-refractivity contribution in [3.8, 4) is 5.75 Å². The Morgan fingerprint density at radius 2 is 1.62 bits per heavy atom. The summed E-state index contributed by atoms with van der Waals surface area (Å²) in [5.74, 6) is -0.408. The number of ether oxygens (including phenoxy) is 1. The van der Waals surface area contributed by atoms with Crippen molar-refractivity contribution in [2.24, 2.45) is 0 Å². The van der Waals surface area contributed by atoms with E-state index in [1.54, 1.807) is 24.3 Å². The van der Waals surface area contributed by atoms with Crippen LogP contribution in [0.2, 0.25) is 0 Å². The number of carbonyl (C=O) groups excluding carboxylic acids is 1. The Hall–Kier alpha value is -2.61. The maximum atomic E-state index is 12.8. The Bertz CT molecular complexity index is 790. The van der Waals surface area contributed by atoms with E-state index in [0.29, 0.717) is 17.1 Å². The van der Waals surface area contributed by atoms with Gasteiger partial charge in [0.2, 0.25) is 10.0 Å². The van der Waals surface area contributed by atoms with Gasteiger partial charge in [0.1, 0.15) is 11.6 Å². The molecule has 0 heterocycles. The molecule has 8 heteroatoms. The van der Waals surface area contributed by atoms with E-state index < -0.39 is 10.0 Å². The zero-order valence-electron chi connectivity index (χ0n) is 13.0. The van der Waals surface area contributed by atoms with Gasteiger partial charge in [0.15, 0.2) is 6.61 Å². The molecule has 2 N–H and O–H groups in total. The number of hydrogen-bond acceptors (Lipinski definition) is 4. The van der Waals surface area contributed by atoms with Crippen molar-refractivity contribution in [2.45, 2.75) is 6.92 Å². The summed E-state index contributed by atoms with van der Waals surface area (Å²) in [6.07, 6.45) is 0. The summed E-state index contributed by atoms with van der Waals surface area (Å²) in [5, 5.41) is 2.61. The first kappa shape index (κ1) is 17.7. The van der Waals surface area contributed by atoms with E-state index in [1.807, 2.05) is 0 Å². The first-order valence-corrected chi connectivity index (χ1v) is 8.82. The molecular weight excluding hydrogens is 335 g/mol. The van der Waals surface area contributed by atoms with Crippen LogP contribution in [0.25, 0.3) is 0 Å². The van der Waals surface area contributed by atoms with Gasteiger partial charge in [-0.3, -0.25) is 9.52 Å². The number of benzene rings is 2. The lowest BCUT2D eigenvalue weighted by Gasteiger charge is -2.09. The summed E-state index contributed by atoms with van der Waals surface area (Å²) in [5.41, 5.74) is 0.916. The van der Waals surface area contributed by atoms with Crippen LogP contribution in [-0.4, -0.2) is 26.7 Å². The van der Waals surface area contributed by atoms with Crippen molar-refractivity contribution in [3.63, 3.8) is 0 Å². The highest BCUT2D eigenvalue weighted by Crippen LogP contribution is 2.15. The summed E-state index contributed by atoms with van der Waals surface area (Å²) in [7, 11) is -3.33. The van der Waals surface area contributed by atoms with Gasteiger partial charge in [0.05, 0.1) is 5.75 Å². The lowest BCUT2D eigenvalue weighted by atomic mass is 10.3. The molecule has 2 aromatic carbocycles. The number of amides is 1. The van der Waals surface area contributed by atoms with Crippen molar-refractivity contribution in [3.05, 3.63) is 54.3 Å². The smallest absolute Gasteiger partial charge is 0.262 e. The number of sulfonamides is 1. The number of nitrogens with one attached hydrogen (secondary N) is 2. The SMILES string of the molecule is CCS(=O)(=O)Nc1ccc(NC(=O)COc2ccc(F)cc2)cc1. The zero-order valence-corrected chi connectivity index (χ0v) is 13.8. The second-order valence-corrected chi connectivity index (χ2v) is 6.88. The molecular formula is C16H17FN2O4S.